The predicted molar refractivity (Wildman–Crippen MR) is 90.5 cm³/mol. The third-order valence-electron chi connectivity index (χ3n) is 4.28. The molecule has 0 amide bonds. The molecule has 1 aliphatic rings. The van der Waals surface area contributed by atoms with Crippen LogP contribution in [0.3, 0.4) is 0 Å². The third kappa shape index (κ3) is 3.93. The van der Waals surface area contributed by atoms with Gasteiger partial charge in [0, 0.05) is 19.2 Å². The van der Waals surface area contributed by atoms with Crippen molar-refractivity contribution in [1.29, 1.82) is 0 Å². The molecule has 0 saturated carbocycles. The molecule has 2 aromatic rings. The normalized spacial score (nSPS) is 17.3. The molecule has 0 bridgehead atoms. The second-order valence-electron chi connectivity index (χ2n) is 5.94. The number of rotatable bonds is 6. The van der Waals surface area contributed by atoms with Crippen molar-refractivity contribution in [3.63, 3.8) is 0 Å². The quantitative estimate of drug-likeness (QED) is 0.850. The number of nitrogens with one attached hydrogen (secondary N) is 2. The van der Waals surface area contributed by atoms with Crippen molar-refractivity contribution >= 4 is 11.6 Å². The fourth-order valence-electron chi connectivity index (χ4n) is 2.98. The maximum Gasteiger partial charge on any atom is 0.227 e. The largest absolute Gasteiger partial charge is 0.444 e. The van der Waals surface area contributed by atoms with Crippen LogP contribution in [0.5, 0.6) is 0 Å². The van der Waals surface area contributed by atoms with Gasteiger partial charge in [-0.3, -0.25) is 0 Å². The lowest BCUT2D eigenvalue weighted by atomic mass is 9.89. The van der Waals surface area contributed by atoms with Crippen LogP contribution >= 0.6 is 11.6 Å². The van der Waals surface area contributed by atoms with Crippen LogP contribution in [0, 0.1) is 0 Å². The van der Waals surface area contributed by atoms with E-state index in [4.69, 9.17) is 20.8 Å². The summed E-state index contributed by atoms with van der Waals surface area (Å²) in [5.41, 5.74) is 1.69. The summed E-state index contributed by atoms with van der Waals surface area (Å²) in [5, 5.41) is 7.64. The van der Waals surface area contributed by atoms with E-state index in [-0.39, 0.29) is 5.54 Å². The summed E-state index contributed by atoms with van der Waals surface area (Å²) in [4.78, 5) is 4.55. The van der Waals surface area contributed by atoms with Gasteiger partial charge in [0.2, 0.25) is 5.89 Å². The Balaban J connectivity index is 1.68. The van der Waals surface area contributed by atoms with Gasteiger partial charge in [-0.2, -0.15) is 0 Å². The molecule has 0 aliphatic carbocycles. The standard InChI is InChI=1S/C17H22ClN3O2/c1-22-12-17(6-8-19-9-7-17)20-10-13-11-23-16(21-13)14-4-2-3-5-15(14)18/h2-5,11,19-20H,6-10,12H2,1H3. The number of ether oxygens (including phenoxy) is 1. The fraction of sp³-hybridized carbons (Fsp3) is 0.471. The topological polar surface area (TPSA) is 59.3 Å². The fourth-order valence-corrected chi connectivity index (χ4v) is 3.19. The monoisotopic (exact) mass is 335 g/mol. The molecule has 6 heteroatoms. The third-order valence-corrected chi connectivity index (χ3v) is 4.61. The van der Waals surface area contributed by atoms with E-state index < -0.39 is 0 Å². The van der Waals surface area contributed by atoms with Gasteiger partial charge in [-0.1, -0.05) is 23.7 Å². The van der Waals surface area contributed by atoms with E-state index in [0.717, 1.165) is 37.2 Å². The molecule has 1 aromatic heterocycles. The van der Waals surface area contributed by atoms with Crippen LogP contribution in [0.4, 0.5) is 0 Å². The molecule has 3 rings (SSSR count). The highest BCUT2D eigenvalue weighted by Crippen LogP contribution is 2.27. The summed E-state index contributed by atoms with van der Waals surface area (Å²) in [6.45, 7) is 3.35. The van der Waals surface area contributed by atoms with Gasteiger partial charge in [-0.15, -0.1) is 0 Å². The van der Waals surface area contributed by atoms with E-state index in [0.29, 0.717) is 24.1 Å². The van der Waals surface area contributed by atoms with E-state index in [2.05, 4.69) is 15.6 Å². The lowest BCUT2D eigenvalue weighted by Gasteiger charge is -2.37. The van der Waals surface area contributed by atoms with Gasteiger partial charge in [-0.25, -0.2) is 4.98 Å². The minimum Gasteiger partial charge on any atom is -0.444 e. The van der Waals surface area contributed by atoms with Gasteiger partial charge < -0.3 is 19.8 Å². The average molecular weight is 336 g/mol. The van der Waals surface area contributed by atoms with Crippen molar-refractivity contribution in [3.05, 3.63) is 41.2 Å². The van der Waals surface area contributed by atoms with Crippen molar-refractivity contribution in [3.8, 4) is 11.5 Å². The summed E-state index contributed by atoms with van der Waals surface area (Å²) in [7, 11) is 1.75. The van der Waals surface area contributed by atoms with Crippen molar-refractivity contribution in [2.24, 2.45) is 0 Å². The second kappa shape index (κ2) is 7.45. The Kier molecular flexibility index (Phi) is 5.33. The van der Waals surface area contributed by atoms with Crippen molar-refractivity contribution in [1.82, 2.24) is 15.6 Å². The zero-order valence-electron chi connectivity index (χ0n) is 13.3. The van der Waals surface area contributed by atoms with E-state index in [1.807, 2.05) is 24.3 Å². The van der Waals surface area contributed by atoms with Gasteiger partial charge in [0.25, 0.3) is 0 Å². The van der Waals surface area contributed by atoms with Crippen LogP contribution < -0.4 is 10.6 Å². The highest BCUT2D eigenvalue weighted by Gasteiger charge is 2.31. The molecule has 1 saturated heterocycles. The zero-order chi connectivity index (χ0) is 16.1. The Morgan fingerprint density at radius 1 is 1.35 bits per heavy atom. The molecule has 0 atom stereocenters. The van der Waals surface area contributed by atoms with Crippen LogP contribution in [0.25, 0.3) is 11.5 Å². The average Bonchev–Trinajstić information content (AvgIpc) is 3.04. The molecule has 0 unspecified atom stereocenters. The van der Waals surface area contributed by atoms with Gasteiger partial charge in [0.05, 0.1) is 22.9 Å². The number of hydrogen-bond donors (Lipinski definition) is 2. The number of hydrogen-bond acceptors (Lipinski definition) is 5. The molecule has 124 valence electrons. The number of halogens is 1. The molecule has 5 nitrogen and oxygen atoms in total. The molecular formula is C17H22ClN3O2. The molecule has 23 heavy (non-hydrogen) atoms. The predicted octanol–water partition coefficient (Wildman–Crippen LogP) is 2.85. The number of methoxy groups -OCH3 is 1. The van der Waals surface area contributed by atoms with E-state index in [1.54, 1.807) is 13.4 Å². The van der Waals surface area contributed by atoms with Gasteiger partial charge in [-0.05, 0) is 38.1 Å². The number of benzene rings is 1. The lowest BCUT2D eigenvalue weighted by molar-refractivity contribution is 0.0850. The van der Waals surface area contributed by atoms with E-state index >= 15 is 0 Å². The Morgan fingerprint density at radius 2 is 2.13 bits per heavy atom. The molecule has 1 fully saturated rings. The van der Waals surface area contributed by atoms with E-state index in [9.17, 15) is 0 Å². The van der Waals surface area contributed by atoms with Crippen LogP contribution in [-0.2, 0) is 11.3 Å². The van der Waals surface area contributed by atoms with Gasteiger partial charge in [0.1, 0.15) is 6.26 Å². The lowest BCUT2D eigenvalue weighted by Crippen LogP contribution is -2.55. The summed E-state index contributed by atoms with van der Waals surface area (Å²) < 4.78 is 11.0. The Hall–Kier alpha value is -1.40. The second-order valence-corrected chi connectivity index (χ2v) is 6.35. The number of oxazole rings is 1. The maximum atomic E-state index is 6.19. The highest BCUT2D eigenvalue weighted by molar-refractivity contribution is 6.33. The van der Waals surface area contributed by atoms with Crippen LogP contribution in [0.15, 0.2) is 34.9 Å². The van der Waals surface area contributed by atoms with Gasteiger partial charge in [0.15, 0.2) is 0 Å². The molecule has 2 heterocycles. The minimum absolute atomic E-state index is 0.00348. The molecular weight excluding hydrogens is 314 g/mol. The number of nitrogens with zero attached hydrogens (tertiary/aromatic N) is 1. The Bertz CT molecular complexity index is 633. The van der Waals surface area contributed by atoms with Crippen LogP contribution in [0.1, 0.15) is 18.5 Å². The first-order chi connectivity index (χ1) is 11.2. The smallest absolute Gasteiger partial charge is 0.227 e. The van der Waals surface area contributed by atoms with Crippen molar-refractivity contribution < 1.29 is 9.15 Å². The van der Waals surface area contributed by atoms with Crippen molar-refractivity contribution in [2.75, 3.05) is 26.8 Å². The Morgan fingerprint density at radius 3 is 2.87 bits per heavy atom. The number of aromatic nitrogens is 1. The SMILES string of the molecule is COCC1(NCc2coc(-c3ccccc3Cl)n2)CCNCC1. The number of piperidine rings is 1. The first kappa shape index (κ1) is 16.5. The van der Waals surface area contributed by atoms with Gasteiger partial charge >= 0.3 is 0 Å². The summed E-state index contributed by atoms with van der Waals surface area (Å²) >= 11 is 6.19. The Labute approximate surface area is 141 Å². The van der Waals surface area contributed by atoms with Crippen LogP contribution in [0.2, 0.25) is 5.02 Å². The van der Waals surface area contributed by atoms with Crippen molar-refractivity contribution in [2.45, 2.75) is 24.9 Å². The molecule has 0 radical (unpaired) electrons. The van der Waals surface area contributed by atoms with Crippen LogP contribution in [-0.4, -0.2) is 37.3 Å². The molecule has 0 spiro atoms. The highest BCUT2D eigenvalue weighted by atomic mass is 35.5. The molecule has 2 N–H and O–H groups in total. The summed E-state index contributed by atoms with van der Waals surface area (Å²) in [6, 6.07) is 7.56. The minimum atomic E-state index is 0.00348. The van der Waals surface area contributed by atoms with E-state index in [1.165, 1.54) is 0 Å². The zero-order valence-corrected chi connectivity index (χ0v) is 14.0. The summed E-state index contributed by atoms with van der Waals surface area (Å²) in [6.07, 6.45) is 3.76. The summed E-state index contributed by atoms with van der Waals surface area (Å²) in [5.74, 6) is 0.554. The first-order valence-electron chi connectivity index (χ1n) is 7.86. The molecule has 1 aliphatic heterocycles. The first-order valence-corrected chi connectivity index (χ1v) is 8.24. The maximum absolute atomic E-state index is 6.19. The molecule has 1 aromatic carbocycles.